The molecule has 1 aliphatic heterocycles. The summed E-state index contributed by atoms with van der Waals surface area (Å²) in [5.74, 6) is -0.353. The molecular formula is C36H52O5Si. The zero-order chi connectivity index (χ0) is 31.1. The summed E-state index contributed by atoms with van der Waals surface area (Å²) in [6.07, 6.45) is 7.79. The molecule has 0 aliphatic carbocycles. The van der Waals surface area contributed by atoms with Crippen LogP contribution in [0.4, 0.5) is 0 Å². The number of carbonyl (C=O) groups excluding carboxylic acids is 1. The Bertz CT molecular complexity index is 1230. The largest absolute Gasteiger partial charge is 0.462 e. The van der Waals surface area contributed by atoms with Crippen molar-refractivity contribution in [3.8, 4) is 0 Å². The van der Waals surface area contributed by atoms with Crippen LogP contribution in [0, 0.1) is 25.7 Å². The van der Waals surface area contributed by atoms with E-state index in [0.717, 1.165) is 29.2 Å². The molecule has 6 heteroatoms. The minimum absolute atomic E-state index is 0.277. The lowest BCUT2D eigenvalue weighted by molar-refractivity contribution is -0.152. The second-order valence-electron chi connectivity index (χ2n) is 13.7. The number of hydrogen-bond donors (Lipinski definition) is 1. The molecule has 0 saturated carbocycles. The van der Waals surface area contributed by atoms with E-state index in [4.69, 9.17) is 14.2 Å². The van der Waals surface area contributed by atoms with Gasteiger partial charge >= 0.3 is 5.97 Å². The smallest absolute Gasteiger partial charge is 0.338 e. The SMILES string of the molecule is Cc1cc(C)c(C(=O)OCC[Si](C)(C)C)c(/C=C/C[C@@H]2OC(C)(C)O[C@@H]2C(O)/C=C\C(Cc2ccccc2)C(C)C)c1. The first kappa shape index (κ1) is 34.0. The van der Waals surface area contributed by atoms with Gasteiger partial charge in [-0.2, -0.15) is 0 Å². The zero-order valence-electron chi connectivity index (χ0n) is 27.1. The van der Waals surface area contributed by atoms with Gasteiger partial charge in [0.1, 0.15) is 12.2 Å². The van der Waals surface area contributed by atoms with E-state index < -0.39 is 26.1 Å². The maximum atomic E-state index is 13.1. The monoisotopic (exact) mass is 592 g/mol. The van der Waals surface area contributed by atoms with E-state index in [1.54, 1.807) is 0 Å². The van der Waals surface area contributed by atoms with Crippen LogP contribution >= 0.6 is 0 Å². The van der Waals surface area contributed by atoms with Crippen LogP contribution in [-0.2, 0) is 20.6 Å². The Balaban J connectivity index is 1.73. The molecule has 5 nitrogen and oxygen atoms in total. The van der Waals surface area contributed by atoms with Crippen molar-refractivity contribution in [1.82, 2.24) is 0 Å². The van der Waals surface area contributed by atoms with Crippen molar-refractivity contribution in [2.75, 3.05) is 6.61 Å². The molecule has 1 N–H and O–H groups in total. The quantitative estimate of drug-likeness (QED) is 0.144. The highest BCUT2D eigenvalue weighted by atomic mass is 28.3. The minimum atomic E-state index is -1.30. The lowest BCUT2D eigenvalue weighted by Gasteiger charge is -2.22. The zero-order valence-corrected chi connectivity index (χ0v) is 28.1. The molecule has 4 atom stereocenters. The number of aliphatic hydroxyl groups is 1. The Hall–Kier alpha value is -2.51. The van der Waals surface area contributed by atoms with Gasteiger partial charge in [0, 0.05) is 8.07 Å². The van der Waals surface area contributed by atoms with E-state index in [2.05, 4.69) is 63.8 Å². The maximum Gasteiger partial charge on any atom is 0.338 e. The van der Waals surface area contributed by atoms with Crippen LogP contribution < -0.4 is 0 Å². The van der Waals surface area contributed by atoms with Crippen molar-refractivity contribution in [2.45, 2.75) is 104 Å². The lowest BCUT2D eigenvalue weighted by atomic mass is 9.88. The van der Waals surface area contributed by atoms with Gasteiger partial charge in [0.2, 0.25) is 0 Å². The Kier molecular flexibility index (Phi) is 12.0. The van der Waals surface area contributed by atoms with Crippen molar-refractivity contribution in [3.63, 3.8) is 0 Å². The van der Waals surface area contributed by atoms with Crippen LogP contribution in [0.25, 0.3) is 6.08 Å². The fraction of sp³-hybridized carbons (Fsp3) is 0.528. The highest BCUT2D eigenvalue weighted by Crippen LogP contribution is 2.33. The number of carbonyl (C=O) groups is 1. The normalized spacial score (nSPS) is 20.5. The molecule has 1 saturated heterocycles. The molecule has 0 spiro atoms. The summed E-state index contributed by atoms with van der Waals surface area (Å²) in [7, 11) is -1.30. The number of aryl methyl sites for hydroxylation is 2. The minimum Gasteiger partial charge on any atom is -0.462 e. The summed E-state index contributed by atoms with van der Waals surface area (Å²) in [6, 6.07) is 15.4. The van der Waals surface area contributed by atoms with E-state index in [0.29, 0.717) is 30.4 Å². The molecule has 3 rings (SSSR count). The summed E-state index contributed by atoms with van der Waals surface area (Å²) in [5, 5.41) is 11.2. The number of hydrogen-bond acceptors (Lipinski definition) is 5. The Morgan fingerprint density at radius 1 is 1.07 bits per heavy atom. The fourth-order valence-electron chi connectivity index (χ4n) is 5.38. The molecular weight excluding hydrogens is 540 g/mol. The van der Waals surface area contributed by atoms with Gasteiger partial charge in [0.15, 0.2) is 5.79 Å². The molecule has 1 aliphatic rings. The standard InChI is InChI=1S/C36H52O5Si/c1-25(2)29(24-28-14-11-10-12-15-28)18-19-31(37)34-32(40-36(5,6)41-34)17-13-16-30-23-26(3)22-27(4)33(30)35(38)39-20-21-42(7,8)9/h10-16,18-19,22-23,25,29,31-32,34,37H,17,20-21,24H2,1-9H3/b16-13+,19-18-/t29?,31?,32-,34+/m0/s1. The number of ether oxygens (including phenoxy) is 3. The predicted molar refractivity (Wildman–Crippen MR) is 175 cm³/mol. The van der Waals surface area contributed by atoms with Crippen LogP contribution in [0.15, 0.2) is 60.7 Å². The molecule has 2 aromatic rings. The number of esters is 1. The van der Waals surface area contributed by atoms with Crippen molar-refractivity contribution < 1.29 is 24.1 Å². The van der Waals surface area contributed by atoms with Crippen LogP contribution in [0.3, 0.4) is 0 Å². The predicted octanol–water partition coefficient (Wildman–Crippen LogP) is 8.15. The van der Waals surface area contributed by atoms with Crippen molar-refractivity contribution >= 4 is 20.1 Å². The van der Waals surface area contributed by atoms with Crippen LogP contribution in [0.2, 0.25) is 25.7 Å². The van der Waals surface area contributed by atoms with Gasteiger partial charge in [-0.15, -0.1) is 0 Å². The third kappa shape index (κ3) is 10.3. The van der Waals surface area contributed by atoms with Crippen molar-refractivity contribution in [1.29, 1.82) is 0 Å². The van der Waals surface area contributed by atoms with E-state index in [1.807, 2.05) is 64.1 Å². The van der Waals surface area contributed by atoms with Gasteiger partial charge in [-0.05, 0) is 75.1 Å². The number of aliphatic hydroxyl groups excluding tert-OH is 1. The molecule has 42 heavy (non-hydrogen) atoms. The third-order valence-corrected chi connectivity index (χ3v) is 9.45. The van der Waals surface area contributed by atoms with Crippen molar-refractivity contribution in [3.05, 3.63) is 88.5 Å². The van der Waals surface area contributed by atoms with Gasteiger partial charge in [-0.1, -0.05) is 106 Å². The van der Waals surface area contributed by atoms with Gasteiger partial charge in [-0.25, -0.2) is 4.79 Å². The molecule has 2 aromatic carbocycles. The van der Waals surface area contributed by atoms with Gasteiger partial charge in [0.25, 0.3) is 0 Å². The van der Waals surface area contributed by atoms with Gasteiger partial charge in [-0.3, -0.25) is 0 Å². The third-order valence-electron chi connectivity index (χ3n) is 7.75. The molecule has 0 bridgehead atoms. The summed E-state index contributed by atoms with van der Waals surface area (Å²) in [5.41, 5.74) is 4.71. The first-order chi connectivity index (χ1) is 19.6. The van der Waals surface area contributed by atoms with E-state index in [1.165, 1.54) is 5.56 Å². The Labute approximate surface area is 255 Å². The lowest BCUT2D eigenvalue weighted by Crippen LogP contribution is -2.34. The van der Waals surface area contributed by atoms with Gasteiger partial charge < -0.3 is 19.3 Å². The Morgan fingerprint density at radius 3 is 2.40 bits per heavy atom. The average Bonchev–Trinajstić information content (AvgIpc) is 3.19. The van der Waals surface area contributed by atoms with Crippen LogP contribution in [0.1, 0.15) is 66.7 Å². The second-order valence-corrected chi connectivity index (χ2v) is 19.4. The number of benzene rings is 2. The summed E-state index contributed by atoms with van der Waals surface area (Å²) < 4.78 is 18.1. The second kappa shape index (κ2) is 14.8. The first-order valence-electron chi connectivity index (χ1n) is 15.4. The van der Waals surface area contributed by atoms with Crippen LogP contribution in [-0.4, -0.2) is 49.9 Å². The Morgan fingerprint density at radius 2 is 1.76 bits per heavy atom. The fourth-order valence-corrected chi connectivity index (χ4v) is 6.09. The highest BCUT2D eigenvalue weighted by Gasteiger charge is 2.43. The first-order valence-corrected chi connectivity index (χ1v) is 19.1. The summed E-state index contributed by atoms with van der Waals surface area (Å²) in [6.45, 7) is 19.4. The van der Waals surface area contributed by atoms with Gasteiger partial charge in [0.05, 0.1) is 18.3 Å². The summed E-state index contributed by atoms with van der Waals surface area (Å²) in [4.78, 5) is 13.1. The topological polar surface area (TPSA) is 65.0 Å². The van der Waals surface area contributed by atoms with Crippen LogP contribution in [0.5, 0.6) is 0 Å². The molecule has 230 valence electrons. The van der Waals surface area contributed by atoms with E-state index in [-0.39, 0.29) is 12.1 Å². The molecule has 1 fully saturated rings. The average molecular weight is 593 g/mol. The highest BCUT2D eigenvalue weighted by molar-refractivity contribution is 6.76. The molecule has 0 radical (unpaired) electrons. The number of rotatable bonds is 13. The molecule has 1 heterocycles. The number of allylic oxidation sites excluding steroid dienone is 1. The summed E-state index contributed by atoms with van der Waals surface area (Å²) >= 11 is 0. The molecule has 2 unspecified atom stereocenters. The molecule has 0 aromatic heterocycles. The molecule has 0 amide bonds. The maximum absolute atomic E-state index is 13.1. The van der Waals surface area contributed by atoms with E-state index in [9.17, 15) is 9.90 Å². The van der Waals surface area contributed by atoms with Crippen molar-refractivity contribution in [2.24, 2.45) is 11.8 Å². The van der Waals surface area contributed by atoms with E-state index >= 15 is 0 Å².